The number of carbonyl (C=O) groups excluding carboxylic acids is 3. The van der Waals surface area contributed by atoms with Gasteiger partial charge in [0.15, 0.2) is 0 Å². The number of piperidine rings is 1. The lowest BCUT2D eigenvalue weighted by molar-refractivity contribution is 0.0494. The molecule has 11 nitrogen and oxygen atoms in total. The van der Waals surface area contributed by atoms with Crippen LogP contribution in [0.3, 0.4) is 0 Å². The molecule has 214 valence electrons. The minimum absolute atomic E-state index is 0.00536. The summed E-state index contributed by atoms with van der Waals surface area (Å²) in [6.07, 6.45) is 5.47. The molecule has 3 heterocycles. The Balaban J connectivity index is 1.61. The van der Waals surface area contributed by atoms with Crippen LogP contribution in [0.4, 0.5) is 15.4 Å². The van der Waals surface area contributed by atoms with Gasteiger partial charge in [-0.3, -0.25) is 9.55 Å². The molecule has 3 aromatic rings. The first-order valence-corrected chi connectivity index (χ1v) is 13.3. The normalized spacial score (nSPS) is 14.6. The molecule has 4 rings (SSSR count). The number of carbonyl (C=O) groups is 3. The van der Waals surface area contributed by atoms with Crippen molar-refractivity contribution in [2.24, 2.45) is 0 Å². The van der Waals surface area contributed by atoms with Gasteiger partial charge >= 0.3 is 18.2 Å². The molecular formula is C29H37N5O6. The van der Waals surface area contributed by atoms with E-state index in [9.17, 15) is 14.4 Å². The topological polar surface area (TPSA) is 125 Å². The first-order valence-electron chi connectivity index (χ1n) is 13.3. The summed E-state index contributed by atoms with van der Waals surface area (Å²) in [5, 5.41) is 3.58. The molecule has 1 saturated heterocycles. The molecule has 11 heteroatoms. The number of benzene rings is 1. The summed E-state index contributed by atoms with van der Waals surface area (Å²) in [4.78, 5) is 48.9. The minimum Gasteiger partial charge on any atom is -0.465 e. The Bertz CT molecular complexity index is 1410. The summed E-state index contributed by atoms with van der Waals surface area (Å²) >= 11 is 0. The maximum atomic E-state index is 13.1. The smallest absolute Gasteiger partial charge is 0.419 e. The Morgan fingerprint density at radius 1 is 0.975 bits per heavy atom. The Kier molecular flexibility index (Phi) is 8.04. The molecule has 1 fully saturated rings. The van der Waals surface area contributed by atoms with E-state index in [-0.39, 0.29) is 6.04 Å². The number of esters is 1. The number of nitrogens with one attached hydrogen (secondary N) is 1. The van der Waals surface area contributed by atoms with Crippen molar-refractivity contribution in [2.45, 2.75) is 71.6 Å². The summed E-state index contributed by atoms with van der Waals surface area (Å²) in [7, 11) is 1.32. The molecule has 0 saturated carbocycles. The number of alkyl carbamates (subject to hydrolysis) is 1. The van der Waals surface area contributed by atoms with E-state index in [2.05, 4.69) is 15.2 Å². The van der Waals surface area contributed by atoms with E-state index in [1.165, 1.54) is 11.7 Å². The number of hydrogen-bond acceptors (Lipinski definition) is 9. The van der Waals surface area contributed by atoms with Crippen LogP contribution in [-0.2, 0) is 14.2 Å². The predicted molar refractivity (Wildman–Crippen MR) is 151 cm³/mol. The summed E-state index contributed by atoms with van der Waals surface area (Å²) in [6.45, 7) is 12.2. The number of aromatic nitrogens is 3. The van der Waals surface area contributed by atoms with Gasteiger partial charge in [0.05, 0.1) is 36.3 Å². The van der Waals surface area contributed by atoms with Crippen LogP contribution in [0, 0.1) is 0 Å². The lowest BCUT2D eigenvalue weighted by Crippen LogP contribution is -2.46. The van der Waals surface area contributed by atoms with Crippen molar-refractivity contribution in [1.82, 2.24) is 19.9 Å². The summed E-state index contributed by atoms with van der Waals surface area (Å²) in [5.41, 5.74) is 0.845. The second-order valence-electron chi connectivity index (χ2n) is 11.8. The first kappa shape index (κ1) is 28.8. The zero-order valence-corrected chi connectivity index (χ0v) is 24.1. The molecule has 0 spiro atoms. The van der Waals surface area contributed by atoms with Crippen LogP contribution >= 0.6 is 0 Å². The molecule has 0 radical (unpaired) electrons. The number of anilines is 1. The van der Waals surface area contributed by atoms with Crippen LogP contribution < -0.4 is 10.2 Å². The highest BCUT2D eigenvalue weighted by atomic mass is 16.6. The van der Waals surface area contributed by atoms with Gasteiger partial charge in [-0.05, 0) is 72.6 Å². The number of hydrogen-bond donors (Lipinski definition) is 1. The molecule has 2 aromatic heterocycles. The first-order chi connectivity index (χ1) is 18.7. The molecule has 0 bridgehead atoms. The maximum absolute atomic E-state index is 13.1. The highest BCUT2D eigenvalue weighted by Gasteiger charge is 2.26. The fourth-order valence-electron chi connectivity index (χ4n) is 4.51. The largest absolute Gasteiger partial charge is 0.465 e. The van der Waals surface area contributed by atoms with Gasteiger partial charge in [0, 0.05) is 36.3 Å². The fraction of sp³-hybridized carbons (Fsp3) is 0.483. The van der Waals surface area contributed by atoms with E-state index >= 15 is 0 Å². The number of fused-ring (bicyclic) bond motifs is 1. The third kappa shape index (κ3) is 6.88. The van der Waals surface area contributed by atoms with Crippen molar-refractivity contribution in [3.05, 3.63) is 42.4 Å². The van der Waals surface area contributed by atoms with Crippen LogP contribution in [0.5, 0.6) is 0 Å². The van der Waals surface area contributed by atoms with Gasteiger partial charge < -0.3 is 24.4 Å². The number of ether oxygens (including phenoxy) is 3. The third-order valence-electron chi connectivity index (χ3n) is 6.25. The Labute approximate surface area is 233 Å². The number of amides is 1. The zero-order chi connectivity index (χ0) is 29.2. The average Bonchev–Trinajstić information content (AvgIpc) is 3.26. The van der Waals surface area contributed by atoms with Crippen LogP contribution in [0.25, 0.3) is 22.2 Å². The molecule has 0 aliphatic carbocycles. The van der Waals surface area contributed by atoms with Gasteiger partial charge in [-0.2, -0.15) is 0 Å². The lowest BCUT2D eigenvalue weighted by Gasteiger charge is -2.33. The van der Waals surface area contributed by atoms with E-state index in [1.807, 2.05) is 20.8 Å². The summed E-state index contributed by atoms with van der Waals surface area (Å²) in [5.74, 6) is 0.191. The van der Waals surface area contributed by atoms with Gasteiger partial charge in [0.2, 0.25) is 0 Å². The monoisotopic (exact) mass is 551 g/mol. The average molecular weight is 552 g/mol. The molecule has 1 N–H and O–H groups in total. The number of methoxy groups -OCH3 is 1. The molecule has 1 aliphatic heterocycles. The van der Waals surface area contributed by atoms with E-state index in [4.69, 9.17) is 19.2 Å². The molecule has 1 aliphatic rings. The van der Waals surface area contributed by atoms with Crippen molar-refractivity contribution in [3.8, 4) is 11.3 Å². The zero-order valence-electron chi connectivity index (χ0n) is 24.1. The molecular weight excluding hydrogens is 514 g/mol. The number of rotatable bonds is 4. The van der Waals surface area contributed by atoms with Crippen LogP contribution in [0.2, 0.25) is 0 Å². The van der Waals surface area contributed by atoms with Crippen molar-refractivity contribution >= 4 is 34.9 Å². The van der Waals surface area contributed by atoms with Gasteiger partial charge in [0.1, 0.15) is 17.0 Å². The SMILES string of the molecule is COC(=O)c1ccc2c(c1)c(-c1cncc(N3CCC(NC(=O)OC(C)(C)C)CC3)n1)cn2C(=O)OC(C)(C)C. The highest BCUT2D eigenvalue weighted by Crippen LogP contribution is 2.32. The van der Waals surface area contributed by atoms with Gasteiger partial charge in [-0.1, -0.05) is 0 Å². The van der Waals surface area contributed by atoms with E-state index < -0.39 is 29.4 Å². The molecule has 1 aromatic carbocycles. The van der Waals surface area contributed by atoms with Crippen LogP contribution in [-0.4, -0.2) is 70.1 Å². The summed E-state index contributed by atoms with van der Waals surface area (Å²) < 4.78 is 17.3. The minimum atomic E-state index is -0.690. The Morgan fingerprint density at radius 3 is 2.27 bits per heavy atom. The van der Waals surface area contributed by atoms with Crippen molar-refractivity contribution in [3.63, 3.8) is 0 Å². The van der Waals surface area contributed by atoms with Crippen molar-refractivity contribution < 1.29 is 28.6 Å². The van der Waals surface area contributed by atoms with Crippen LogP contribution in [0.1, 0.15) is 64.7 Å². The van der Waals surface area contributed by atoms with Gasteiger partial charge in [-0.25, -0.2) is 19.4 Å². The second kappa shape index (κ2) is 11.1. The Hall–Kier alpha value is -4.15. The van der Waals surface area contributed by atoms with Gasteiger partial charge in [0.25, 0.3) is 0 Å². The predicted octanol–water partition coefficient (Wildman–Crippen LogP) is 5.16. The maximum Gasteiger partial charge on any atom is 0.419 e. The van der Waals surface area contributed by atoms with E-state index in [1.54, 1.807) is 57.6 Å². The fourth-order valence-corrected chi connectivity index (χ4v) is 4.51. The lowest BCUT2D eigenvalue weighted by atomic mass is 10.1. The quantitative estimate of drug-likeness (QED) is 0.346. The molecule has 0 atom stereocenters. The molecule has 40 heavy (non-hydrogen) atoms. The third-order valence-corrected chi connectivity index (χ3v) is 6.25. The van der Waals surface area contributed by atoms with Crippen LogP contribution in [0.15, 0.2) is 36.8 Å². The van der Waals surface area contributed by atoms with Crippen molar-refractivity contribution in [2.75, 3.05) is 25.1 Å². The second-order valence-corrected chi connectivity index (χ2v) is 11.8. The number of nitrogens with zero attached hydrogens (tertiary/aromatic N) is 4. The molecule has 0 unspecified atom stereocenters. The molecule has 1 amide bonds. The highest BCUT2D eigenvalue weighted by molar-refractivity contribution is 6.03. The Morgan fingerprint density at radius 2 is 1.65 bits per heavy atom. The van der Waals surface area contributed by atoms with E-state index in [0.717, 1.165) is 12.8 Å². The van der Waals surface area contributed by atoms with Crippen molar-refractivity contribution in [1.29, 1.82) is 0 Å². The standard InChI is InChI=1S/C29H37N5O6/c1-28(2,3)39-26(36)31-19-10-12-33(13-11-19)24-16-30-15-22(32-24)21-17-34(27(37)40-29(4,5)6)23-9-8-18(14-20(21)23)25(35)38-7/h8-9,14-17,19H,10-13H2,1-7H3,(H,31,36). The van der Waals surface area contributed by atoms with Gasteiger partial charge in [-0.15, -0.1) is 0 Å². The van der Waals surface area contributed by atoms with E-state index in [0.29, 0.717) is 46.6 Å². The summed E-state index contributed by atoms with van der Waals surface area (Å²) in [6, 6.07) is 4.98.